The fourth-order valence-electron chi connectivity index (χ4n) is 3.67. The van der Waals surface area contributed by atoms with Crippen molar-refractivity contribution in [2.24, 2.45) is 5.92 Å². The second-order valence-electron chi connectivity index (χ2n) is 6.91. The van der Waals surface area contributed by atoms with Crippen LogP contribution >= 0.6 is 11.6 Å². The molecule has 2 aromatic rings. The van der Waals surface area contributed by atoms with E-state index < -0.39 is 28.7 Å². The number of aromatic nitrogens is 1. The third-order valence-corrected chi connectivity index (χ3v) is 5.23. The predicted molar refractivity (Wildman–Crippen MR) is 99.3 cm³/mol. The molecule has 0 amide bonds. The molecule has 148 valence electrons. The maximum atomic E-state index is 12.2. The van der Waals surface area contributed by atoms with Crippen LogP contribution in [0.2, 0.25) is 5.02 Å². The van der Waals surface area contributed by atoms with Gasteiger partial charge in [0, 0.05) is 28.0 Å². The Morgan fingerprint density at radius 2 is 2.07 bits per heavy atom. The van der Waals surface area contributed by atoms with E-state index in [-0.39, 0.29) is 12.2 Å². The summed E-state index contributed by atoms with van der Waals surface area (Å²) in [5.41, 5.74) is 0.342. The monoisotopic (exact) mass is 406 g/mol. The van der Waals surface area contributed by atoms with E-state index in [9.17, 15) is 20.0 Å². The Bertz CT molecular complexity index is 931. The molecule has 0 aliphatic carbocycles. The van der Waals surface area contributed by atoms with Crippen LogP contribution in [0.5, 0.6) is 0 Å². The lowest BCUT2D eigenvalue weighted by molar-refractivity contribution is -0.782. The molecule has 1 aromatic heterocycles. The minimum Gasteiger partial charge on any atom is -0.479 e. The minimum absolute atomic E-state index is 0.0874. The summed E-state index contributed by atoms with van der Waals surface area (Å²) in [7, 11) is 0. The van der Waals surface area contributed by atoms with Crippen molar-refractivity contribution in [3.05, 3.63) is 73.5 Å². The number of aryl methyl sites for hydroxylation is 1. The van der Waals surface area contributed by atoms with Crippen molar-refractivity contribution >= 4 is 17.6 Å². The van der Waals surface area contributed by atoms with E-state index in [4.69, 9.17) is 21.2 Å². The van der Waals surface area contributed by atoms with Gasteiger partial charge >= 0.3 is 5.97 Å². The van der Waals surface area contributed by atoms with E-state index in [0.717, 1.165) is 5.56 Å². The zero-order valence-electron chi connectivity index (χ0n) is 15.5. The smallest absolute Gasteiger partial charge is 0.341 e. The Hall–Kier alpha value is -2.71. The molecule has 0 bridgehead atoms. The molecule has 0 saturated heterocycles. The van der Waals surface area contributed by atoms with Crippen LogP contribution in [-0.4, -0.2) is 21.1 Å². The van der Waals surface area contributed by atoms with Gasteiger partial charge < -0.3 is 9.84 Å². The van der Waals surface area contributed by atoms with Gasteiger partial charge in [0.2, 0.25) is 5.60 Å². The molecule has 8 nitrogen and oxygen atoms in total. The van der Waals surface area contributed by atoms with Gasteiger partial charge in [-0.05, 0) is 36.1 Å². The largest absolute Gasteiger partial charge is 0.479 e. The highest BCUT2D eigenvalue weighted by Gasteiger charge is 2.52. The van der Waals surface area contributed by atoms with Gasteiger partial charge in [0.25, 0.3) is 5.09 Å². The molecular weight excluding hydrogens is 388 g/mol. The van der Waals surface area contributed by atoms with Crippen LogP contribution in [0.3, 0.4) is 0 Å². The van der Waals surface area contributed by atoms with E-state index in [0.29, 0.717) is 21.8 Å². The molecule has 28 heavy (non-hydrogen) atoms. The highest BCUT2D eigenvalue weighted by Crippen LogP contribution is 2.45. The number of ether oxygens (including phenoxy) is 1. The van der Waals surface area contributed by atoms with Gasteiger partial charge in [-0.3, -0.25) is 9.82 Å². The minimum atomic E-state index is -2.19. The van der Waals surface area contributed by atoms with Gasteiger partial charge in [-0.2, -0.15) is 0 Å². The van der Waals surface area contributed by atoms with Crippen molar-refractivity contribution in [2.75, 3.05) is 0 Å². The van der Waals surface area contributed by atoms with Crippen molar-refractivity contribution in [2.45, 2.75) is 39.1 Å². The Morgan fingerprint density at radius 1 is 1.43 bits per heavy atom. The van der Waals surface area contributed by atoms with Gasteiger partial charge in [-0.25, -0.2) is 4.79 Å². The Morgan fingerprint density at radius 3 is 2.61 bits per heavy atom. The number of carboxylic acids is 1. The number of nitrogens with zero attached hydrogens (tertiary/aromatic N) is 2. The molecule has 0 fully saturated rings. The molecule has 1 aliphatic heterocycles. The number of aliphatic carboxylic acids is 1. The molecule has 3 rings (SSSR count). The lowest BCUT2D eigenvalue weighted by atomic mass is 9.79. The van der Waals surface area contributed by atoms with Gasteiger partial charge in [0.05, 0.1) is 6.61 Å². The van der Waals surface area contributed by atoms with E-state index in [1.807, 2.05) is 12.1 Å². The van der Waals surface area contributed by atoms with Gasteiger partial charge in [0.15, 0.2) is 0 Å². The number of carboxylic acid groups (broad SMARTS) is 1. The first-order chi connectivity index (χ1) is 13.2. The molecule has 2 heterocycles. The molecule has 0 saturated carbocycles. The average Bonchev–Trinajstić information content (AvgIpc) is 3.04. The summed E-state index contributed by atoms with van der Waals surface area (Å²) < 4.78 is 5.90. The third kappa shape index (κ3) is 3.18. The molecule has 1 N–H and O–H groups in total. The molecule has 2 atom stereocenters. The summed E-state index contributed by atoms with van der Waals surface area (Å²) in [4.78, 5) is 32.5. The van der Waals surface area contributed by atoms with Gasteiger partial charge in [-0.1, -0.05) is 37.6 Å². The molecule has 0 spiro atoms. The molecule has 1 aliphatic rings. The molecule has 9 heteroatoms. The standard InChI is InChI=1S/C19H19ClN2O6/c1-10(2)19(18(23)24,28-22(25)26)16-11(3)21-8-14-15(16)9-27-17(14)12-4-6-13(20)7-5-12/h4-8,10,17H,9H2,1-3H3,(H,23,24)/t17-,19-/m0/s1. The second-order valence-corrected chi connectivity index (χ2v) is 7.34. The maximum Gasteiger partial charge on any atom is 0.341 e. The second kappa shape index (κ2) is 7.37. The zero-order chi connectivity index (χ0) is 20.6. The fraction of sp³-hybridized carbons (Fsp3) is 0.368. The van der Waals surface area contributed by atoms with Crippen LogP contribution in [-0.2, 0) is 26.6 Å². The lowest BCUT2D eigenvalue weighted by Gasteiger charge is -2.33. The van der Waals surface area contributed by atoms with Crippen LogP contribution in [0.1, 0.15) is 47.9 Å². The van der Waals surface area contributed by atoms with Crippen molar-refractivity contribution in [3.8, 4) is 0 Å². The fourth-order valence-corrected chi connectivity index (χ4v) is 3.79. The first kappa shape index (κ1) is 20.0. The predicted octanol–water partition coefficient (Wildman–Crippen LogP) is 3.81. The molecule has 1 aromatic carbocycles. The number of halogens is 1. The molecule has 0 unspecified atom stereocenters. The normalized spacial score (nSPS) is 17.8. The third-order valence-electron chi connectivity index (χ3n) is 4.98. The number of benzene rings is 1. The van der Waals surface area contributed by atoms with Gasteiger partial charge in [-0.15, -0.1) is 10.1 Å². The summed E-state index contributed by atoms with van der Waals surface area (Å²) in [6.45, 7) is 4.81. The van der Waals surface area contributed by atoms with Crippen LogP contribution in [0.4, 0.5) is 0 Å². The summed E-state index contributed by atoms with van der Waals surface area (Å²) in [6.07, 6.45) is 1.13. The van der Waals surface area contributed by atoms with E-state index in [2.05, 4.69) is 4.98 Å². The molecule has 0 radical (unpaired) electrons. The topological polar surface area (TPSA) is 112 Å². The number of hydrogen-bond acceptors (Lipinski definition) is 6. The van der Waals surface area contributed by atoms with Crippen LogP contribution in [0, 0.1) is 23.0 Å². The van der Waals surface area contributed by atoms with Crippen molar-refractivity contribution in [3.63, 3.8) is 0 Å². The Labute approximate surface area is 166 Å². The van der Waals surface area contributed by atoms with E-state index in [1.165, 1.54) is 0 Å². The maximum absolute atomic E-state index is 12.2. The zero-order valence-corrected chi connectivity index (χ0v) is 16.3. The summed E-state index contributed by atoms with van der Waals surface area (Å²) >= 11 is 5.94. The number of hydrogen-bond donors (Lipinski definition) is 1. The summed E-state index contributed by atoms with van der Waals surface area (Å²) in [6, 6.07) is 7.07. The highest BCUT2D eigenvalue weighted by molar-refractivity contribution is 6.30. The lowest BCUT2D eigenvalue weighted by Crippen LogP contribution is -2.46. The first-order valence-corrected chi connectivity index (χ1v) is 8.99. The number of fused-ring (bicyclic) bond motifs is 1. The first-order valence-electron chi connectivity index (χ1n) is 8.61. The highest BCUT2D eigenvalue weighted by atomic mass is 35.5. The number of carbonyl (C=O) groups is 1. The summed E-state index contributed by atoms with van der Waals surface area (Å²) in [5, 5.41) is 20.6. The van der Waals surface area contributed by atoms with Crippen LogP contribution < -0.4 is 0 Å². The molecular formula is C19H19ClN2O6. The summed E-state index contributed by atoms with van der Waals surface area (Å²) in [5.74, 6) is -2.19. The van der Waals surface area contributed by atoms with Crippen molar-refractivity contribution in [1.82, 2.24) is 4.98 Å². The van der Waals surface area contributed by atoms with Crippen molar-refractivity contribution in [1.29, 1.82) is 0 Å². The SMILES string of the molecule is Cc1ncc2c(c1[C@](O[N+](=O)[O-])(C(=O)O)C(C)C)CO[C@H]2c1ccc(Cl)cc1. The van der Waals surface area contributed by atoms with Gasteiger partial charge in [0.1, 0.15) is 6.10 Å². The number of pyridine rings is 1. The Kier molecular flexibility index (Phi) is 5.27. The van der Waals surface area contributed by atoms with E-state index >= 15 is 0 Å². The quantitative estimate of drug-likeness (QED) is 0.573. The number of rotatable bonds is 6. The average molecular weight is 407 g/mol. The van der Waals surface area contributed by atoms with Crippen LogP contribution in [0.15, 0.2) is 30.5 Å². The van der Waals surface area contributed by atoms with Crippen LogP contribution in [0.25, 0.3) is 0 Å². The van der Waals surface area contributed by atoms with E-state index in [1.54, 1.807) is 39.1 Å². The van der Waals surface area contributed by atoms with Crippen molar-refractivity contribution < 1.29 is 24.6 Å². The Balaban J connectivity index is 2.21.